The van der Waals surface area contributed by atoms with Crippen molar-refractivity contribution in [3.8, 4) is 0 Å². The molecule has 1 saturated carbocycles. The van der Waals surface area contributed by atoms with Crippen LogP contribution in [0.25, 0.3) is 0 Å². The fraction of sp³-hybridized carbons (Fsp3) is 1.00. The van der Waals surface area contributed by atoms with Gasteiger partial charge in [0, 0.05) is 6.54 Å². The van der Waals surface area contributed by atoms with E-state index in [1.165, 1.54) is 51.6 Å². The van der Waals surface area contributed by atoms with Crippen LogP contribution in [0.15, 0.2) is 0 Å². The Labute approximate surface area is 95.0 Å². The standard InChI is InChI=1S/C13H28N2/c1-3-13(7-5-8-13)11-15-10-12(2)6-4-9-14/h12,15H,3-11,14H2,1-2H3. The summed E-state index contributed by atoms with van der Waals surface area (Å²) in [6.07, 6.45) is 8.10. The van der Waals surface area contributed by atoms with E-state index in [0.29, 0.717) is 5.41 Å². The molecule has 90 valence electrons. The number of nitrogens with two attached hydrogens (primary N) is 1. The van der Waals surface area contributed by atoms with Gasteiger partial charge in [0.2, 0.25) is 0 Å². The summed E-state index contributed by atoms with van der Waals surface area (Å²) in [5.74, 6) is 0.780. The van der Waals surface area contributed by atoms with E-state index in [1.807, 2.05) is 0 Å². The maximum atomic E-state index is 5.51. The summed E-state index contributed by atoms with van der Waals surface area (Å²) in [7, 11) is 0. The van der Waals surface area contributed by atoms with Gasteiger partial charge in [0.15, 0.2) is 0 Å². The monoisotopic (exact) mass is 212 g/mol. The summed E-state index contributed by atoms with van der Waals surface area (Å²) in [5.41, 5.74) is 6.17. The Bertz CT molecular complexity index is 158. The first kappa shape index (κ1) is 13.0. The Morgan fingerprint density at radius 3 is 2.60 bits per heavy atom. The normalized spacial score (nSPS) is 21.0. The molecule has 2 nitrogen and oxygen atoms in total. The van der Waals surface area contributed by atoms with Crippen LogP contribution >= 0.6 is 0 Å². The van der Waals surface area contributed by atoms with Gasteiger partial charge in [-0.05, 0) is 56.5 Å². The lowest BCUT2D eigenvalue weighted by Gasteiger charge is -2.41. The molecule has 0 saturated heterocycles. The third kappa shape index (κ3) is 4.12. The molecule has 15 heavy (non-hydrogen) atoms. The van der Waals surface area contributed by atoms with Gasteiger partial charge in [-0.1, -0.05) is 20.3 Å². The maximum absolute atomic E-state index is 5.51. The molecule has 0 aromatic rings. The highest BCUT2D eigenvalue weighted by Gasteiger charge is 2.34. The first-order chi connectivity index (χ1) is 7.22. The summed E-state index contributed by atoms with van der Waals surface area (Å²) < 4.78 is 0. The van der Waals surface area contributed by atoms with E-state index in [-0.39, 0.29) is 0 Å². The van der Waals surface area contributed by atoms with E-state index < -0.39 is 0 Å². The van der Waals surface area contributed by atoms with Gasteiger partial charge in [0.05, 0.1) is 0 Å². The second-order valence-corrected chi connectivity index (χ2v) is 5.37. The van der Waals surface area contributed by atoms with E-state index in [4.69, 9.17) is 5.73 Å². The number of hydrogen-bond donors (Lipinski definition) is 2. The third-order valence-electron chi connectivity index (χ3n) is 4.06. The van der Waals surface area contributed by atoms with Crippen molar-refractivity contribution in [2.24, 2.45) is 17.1 Å². The molecule has 1 unspecified atom stereocenters. The maximum Gasteiger partial charge on any atom is 0.000782 e. The quantitative estimate of drug-likeness (QED) is 0.649. The van der Waals surface area contributed by atoms with Crippen LogP contribution in [0.4, 0.5) is 0 Å². The minimum absolute atomic E-state index is 0.660. The highest BCUT2D eigenvalue weighted by Crippen LogP contribution is 2.42. The van der Waals surface area contributed by atoms with Gasteiger partial charge in [0.1, 0.15) is 0 Å². The van der Waals surface area contributed by atoms with Crippen molar-refractivity contribution in [1.29, 1.82) is 0 Å². The molecule has 1 rings (SSSR count). The van der Waals surface area contributed by atoms with E-state index in [2.05, 4.69) is 19.2 Å². The molecule has 3 N–H and O–H groups in total. The van der Waals surface area contributed by atoms with Crippen LogP contribution in [0.3, 0.4) is 0 Å². The molecule has 1 fully saturated rings. The summed E-state index contributed by atoms with van der Waals surface area (Å²) in [4.78, 5) is 0. The molecule has 0 bridgehead atoms. The lowest BCUT2D eigenvalue weighted by atomic mass is 9.67. The first-order valence-corrected chi connectivity index (χ1v) is 6.63. The summed E-state index contributed by atoms with van der Waals surface area (Å²) >= 11 is 0. The molecule has 2 heteroatoms. The number of hydrogen-bond acceptors (Lipinski definition) is 2. The van der Waals surface area contributed by atoms with Gasteiger partial charge in [-0.3, -0.25) is 0 Å². The van der Waals surface area contributed by atoms with E-state index in [0.717, 1.165) is 12.5 Å². The van der Waals surface area contributed by atoms with Crippen LogP contribution in [-0.4, -0.2) is 19.6 Å². The fourth-order valence-corrected chi connectivity index (χ4v) is 2.48. The molecular formula is C13H28N2. The minimum atomic E-state index is 0.660. The minimum Gasteiger partial charge on any atom is -0.330 e. The molecular weight excluding hydrogens is 184 g/mol. The Kier molecular flexibility index (Phi) is 5.62. The van der Waals surface area contributed by atoms with E-state index in [9.17, 15) is 0 Å². The van der Waals surface area contributed by atoms with E-state index >= 15 is 0 Å². The van der Waals surface area contributed by atoms with Crippen LogP contribution in [-0.2, 0) is 0 Å². The summed E-state index contributed by atoms with van der Waals surface area (Å²) in [5, 5.41) is 3.65. The van der Waals surface area contributed by atoms with Crippen LogP contribution < -0.4 is 11.1 Å². The van der Waals surface area contributed by atoms with Crippen LogP contribution in [0.1, 0.15) is 52.4 Å². The van der Waals surface area contributed by atoms with Crippen molar-refractivity contribution >= 4 is 0 Å². The predicted octanol–water partition coefficient (Wildman–Crippen LogP) is 2.53. The zero-order valence-electron chi connectivity index (χ0n) is 10.5. The predicted molar refractivity (Wildman–Crippen MR) is 66.9 cm³/mol. The van der Waals surface area contributed by atoms with Gasteiger partial charge in [-0.15, -0.1) is 0 Å². The summed E-state index contributed by atoms with van der Waals surface area (Å²) in [6, 6.07) is 0. The second kappa shape index (κ2) is 6.49. The SMILES string of the molecule is CCC1(CNCC(C)CCCN)CCC1. The highest BCUT2D eigenvalue weighted by molar-refractivity contribution is 4.88. The van der Waals surface area contributed by atoms with Crippen LogP contribution in [0.5, 0.6) is 0 Å². The third-order valence-corrected chi connectivity index (χ3v) is 4.06. The molecule has 0 aromatic heterocycles. The topological polar surface area (TPSA) is 38.0 Å². The number of nitrogens with one attached hydrogen (secondary N) is 1. The molecule has 0 amide bonds. The Hall–Kier alpha value is -0.0800. The van der Waals surface area contributed by atoms with Gasteiger partial charge in [0.25, 0.3) is 0 Å². The van der Waals surface area contributed by atoms with E-state index in [1.54, 1.807) is 0 Å². The Morgan fingerprint density at radius 1 is 1.40 bits per heavy atom. The first-order valence-electron chi connectivity index (χ1n) is 6.63. The summed E-state index contributed by atoms with van der Waals surface area (Å²) in [6.45, 7) is 7.89. The van der Waals surface area contributed by atoms with Crippen molar-refractivity contribution in [1.82, 2.24) is 5.32 Å². The largest absolute Gasteiger partial charge is 0.330 e. The van der Waals surface area contributed by atoms with Crippen molar-refractivity contribution in [2.45, 2.75) is 52.4 Å². The lowest BCUT2D eigenvalue weighted by Crippen LogP contribution is -2.40. The van der Waals surface area contributed by atoms with Crippen molar-refractivity contribution < 1.29 is 0 Å². The van der Waals surface area contributed by atoms with Gasteiger partial charge in [-0.25, -0.2) is 0 Å². The van der Waals surface area contributed by atoms with Gasteiger partial charge in [-0.2, -0.15) is 0 Å². The zero-order valence-corrected chi connectivity index (χ0v) is 10.5. The molecule has 1 atom stereocenters. The average molecular weight is 212 g/mol. The van der Waals surface area contributed by atoms with Gasteiger partial charge < -0.3 is 11.1 Å². The second-order valence-electron chi connectivity index (χ2n) is 5.37. The molecule has 0 aliphatic heterocycles. The highest BCUT2D eigenvalue weighted by atomic mass is 14.9. The Balaban J connectivity index is 2.04. The molecule has 1 aliphatic carbocycles. The molecule has 1 aliphatic rings. The fourth-order valence-electron chi connectivity index (χ4n) is 2.48. The Morgan fingerprint density at radius 2 is 2.13 bits per heavy atom. The van der Waals surface area contributed by atoms with Gasteiger partial charge >= 0.3 is 0 Å². The molecule has 0 aromatic carbocycles. The zero-order chi connectivity index (χ0) is 11.1. The smallest absolute Gasteiger partial charge is 0.000782 e. The molecule has 0 radical (unpaired) electrons. The number of rotatable bonds is 8. The molecule has 0 heterocycles. The van der Waals surface area contributed by atoms with Crippen molar-refractivity contribution in [3.63, 3.8) is 0 Å². The average Bonchev–Trinajstić information content (AvgIpc) is 2.19. The lowest BCUT2D eigenvalue weighted by molar-refractivity contribution is 0.122. The van der Waals surface area contributed by atoms with Crippen molar-refractivity contribution in [2.75, 3.05) is 19.6 Å². The van der Waals surface area contributed by atoms with Crippen LogP contribution in [0.2, 0.25) is 0 Å². The van der Waals surface area contributed by atoms with Crippen LogP contribution in [0, 0.1) is 11.3 Å². The molecule has 0 spiro atoms. The van der Waals surface area contributed by atoms with Crippen molar-refractivity contribution in [3.05, 3.63) is 0 Å².